The number of ether oxygens (including phenoxy) is 1. The number of amides is 1. The highest BCUT2D eigenvalue weighted by Gasteiger charge is 2.17. The van der Waals surface area contributed by atoms with Crippen LogP contribution in [0.2, 0.25) is 10.0 Å². The number of nitrogens with one attached hydrogen (secondary N) is 1. The summed E-state index contributed by atoms with van der Waals surface area (Å²) >= 11 is 13.9. The first-order valence-electron chi connectivity index (χ1n) is 9.30. The van der Waals surface area contributed by atoms with Crippen molar-refractivity contribution in [1.82, 2.24) is 4.57 Å². The highest BCUT2D eigenvalue weighted by atomic mass is 35.5. The quantitative estimate of drug-likeness (QED) is 0.530. The Bertz CT molecular complexity index is 1140. The maximum absolute atomic E-state index is 11.7. The van der Waals surface area contributed by atoms with Crippen LogP contribution in [0.4, 0.5) is 11.4 Å². The Labute approximate surface area is 182 Å². The van der Waals surface area contributed by atoms with Crippen molar-refractivity contribution in [3.8, 4) is 17.0 Å². The highest BCUT2D eigenvalue weighted by Crippen LogP contribution is 2.33. The van der Waals surface area contributed by atoms with Crippen LogP contribution in [-0.2, 0) is 11.3 Å². The predicted octanol–water partition coefficient (Wildman–Crippen LogP) is 5.89. The highest BCUT2D eigenvalue weighted by molar-refractivity contribution is 7.07. The van der Waals surface area contributed by atoms with E-state index in [1.54, 1.807) is 23.5 Å². The number of rotatable bonds is 5. The minimum Gasteiger partial charge on any atom is -0.482 e. The fraction of sp³-hybridized carbons (Fsp3) is 0.238. The molecule has 1 aromatic heterocycles. The van der Waals surface area contributed by atoms with Crippen molar-refractivity contribution >= 4 is 51.8 Å². The molecule has 1 amide bonds. The van der Waals surface area contributed by atoms with Gasteiger partial charge in [-0.05, 0) is 42.8 Å². The fourth-order valence-corrected chi connectivity index (χ4v) is 4.50. The van der Waals surface area contributed by atoms with Gasteiger partial charge in [-0.2, -0.15) is 0 Å². The van der Waals surface area contributed by atoms with Gasteiger partial charge in [-0.25, -0.2) is 4.99 Å². The lowest BCUT2D eigenvalue weighted by Crippen LogP contribution is -2.25. The zero-order valence-electron chi connectivity index (χ0n) is 15.7. The van der Waals surface area contributed by atoms with Gasteiger partial charge in [0.05, 0.1) is 22.1 Å². The Balaban J connectivity index is 1.79. The average Bonchev–Trinajstić information content (AvgIpc) is 3.10. The molecule has 3 aromatic rings. The van der Waals surface area contributed by atoms with E-state index >= 15 is 0 Å². The van der Waals surface area contributed by atoms with Crippen molar-refractivity contribution in [2.45, 2.75) is 26.3 Å². The van der Waals surface area contributed by atoms with Crippen LogP contribution in [0.15, 0.2) is 46.8 Å². The molecule has 0 bridgehead atoms. The van der Waals surface area contributed by atoms with Gasteiger partial charge < -0.3 is 14.6 Å². The SMILES string of the molecule is CCCCn1c(-c2ccc3c(c2)NC(=O)CO3)csc1=Nc1ccc(Cl)cc1Cl. The molecule has 0 atom stereocenters. The summed E-state index contributed by atoms with van der Waals surface area (Å²) in [7, 11) is 0. The minimum atomic E-state index is -0.146. The van der Waals surface area contributed by atoms with Gasteiger partial charge in [-0.3, -0.25) is 4.79 Å². The molecule has 5 nitrogen and oxygen atoms in total. The summed E-state index contributed by atoms with van der Waals surface area (Å²) in [4.78, 5) is 17.3. The van der Waals surface area contributed by atoms with Gasteiger partial charge in [-0.1, -0.05) is 36.5 Å². The number of benzene rings is 2. The van der Waals surface area contributed by atoms with Gasteiger partial charge >= 0.3 is 0 Å². The number of hydrogen-bond donors (Lipinski definition) is 1. The van der Waals surface area contributed by atoms with Crippen molar-refractivity contribution in [3.63, 3.8) is 0 Å². The third kappa shape index (κ3) is 4.34. The number of unbranched alkanes of at least 4 members (excludes halogenated alkanes) is 1. The monoisotopic (exact) mass is 447 g/mol. The molecule has 0 spiro atoms. The molecular weight excluding hydrogens is 429 g/mol. The standard InChI is InChI=1S/C21H19Cl2N3O2S/c1-2-3-8-26-18(13-4-7-19-17(9-13)24-20(27)11-28-19)12-29-21(26)25-16-6-5-14(22)10-15(16)23/h4-7,9-10,12H,2-3,8,11H2,1H3,(H,24,27). The summed E-state index contributed by atoms with van der Waals surface area (Å²) in [5.74, 6) is 0.536. The zero-order valence-corrected chi connectivity index (χ0v) is 18.1. The Kier molecular flexibility index (Phi) is 5.94. The van der Waals surface area contributed by atoms with Crippen LogP contribution in [0.1, 0.15) is 19.8 Å². The maximum atomic E-state index is 11.7. The van der Waals surface area contributed by atoms with E-state index in [1.807, 2.05) is 24.3 Å². The summed E-state index contributed by atoms with van der Waals surface area (Å²) in [6, 6.07) is 11.1. The van der Waals surface area contributed by atoms with Crippen molar-refractivity contribution in [2.75, 3.05) is 11.9 Å². The van der Waals surface area contributed by atoms with E-state index in [0.29, 0.717) is 27.2 Å². The summed E-state index contributed by atoms with van der Waals surface area (Å²) in [5.41, 5.74) is 3.40. The van der Waals surface area contributed by atoms with Crippen LogP contribution in [0.5, 0.6) is 5.75 Å². The molecule has 0 saturated heterocycles. The van der Waals surface area contributed by atoms with Gasteiger partial charge in [0.2, 0.25) is 0 Å². The Morgan fingerprint density at radius 3 is 2.90 bits per heavy atom. The predicted molar refractivity (Wildman–Crippen MR) is 118 cm³/mol. The molecule has 2 heterocycles. The number of halogens is 2. The molecule has 2 aromatic carbocycles. The summed E-state index contributed by atoms with van der Waals surface area (Å²) < 4.78 is 7.66. The molecule has 1 aliphatic heterocycles. The van der Waals surface area contributed by atoms with Crippen LogP contribution in [-0.4, -0.2) is 17.1 Å². The molecule has 0 unspecified atom stereocenters. The number of thiazole rings is 1. The number of carbonyl (C=O) groups is 1. The first-order valence-corrected chi connectivity index (χ1v) is 10.9. The van der Waals surface area contributed by atoms with Gasteiger partial charge in [0, 0.05) is 22.5 Å². The molecule has 150 valence electrons. The Morgan fingerprint density at radius 1 is 1.24 bits per heavy atom. The van der Waals surface area contributed by atoms with Gasteiger partial charge in [0.25, 0.3) is 5.91 Å². The molecule has 0 radical (unpaired) electrons. The van der Waals surface area contributed by atoms with E-state index in [9.17, 15) is 4.79 Å². The van der Waals surface area contributed by atoms with Gasteiger partial charge in [0.1, 0.15) is 5.75 Å². The number of hydrogen-bond acceptors (Lipinski definition) is 4. The van der Waals surface area contributed by atoms with Crippen LogP contribution in [0.3, 0.4) is 0 Å². The second kappa shape index (κ2) is 8.61. The van der Waals surface area contributed by atoms with Crippen molar-refractivity contribution in [1.29, 1.82) is 0 Å². The van der Waals surface area contributed by atoms with E-state index in [4.69, 9.17) is 32.9 Å². The number of anilines is 1. The van der Waals surface area contributed by atoms with E-state index in [2.05, 4.69) is 22.2 Å². The van der Waals surface area contributed by atoms with Crippen molar-refractivity contribution in [2.24, 2.45) is 4.99 Å². The van der Waals surface area contributed by atoms with Crippen molar-refractivity contribution < 1.29 is 9.53 Å². The van der Waals surface area contributed by atoms with E-state index in [0.717, 1.165) is 35.4 Å². The molecule has 29 heavy (non-hydrogen) atoms. The van der Waals surface area contributed by atoms with E-state index in [-0.39, 0.29) is 12.5 Å². The molecule has 1 aliphatic rings. The molecule has 0 aliphatic carbocycles. The first kappa shape index (κ1) is 20.0. The summed E-state index contributed by atoms with van der Waals surface area (Å²) in [6.07, 6.45) is 2.09. The van der Waals surface area contributed by atoms with E-state index in [1.165, 1.54) is 0 Å². The normalized spacial score (nSPS) is 13.8. The van der Waals surface area contributed by atoms with Gasteiger partial charge in [0.15, 0.2) is 11.4 Å². The Hall–Kier alpha value is -2.28. The van der Waals surface area contributed by atoms with Gasteiger partial charge in [-0.15, -0.1) is 11.3 Å². The number of carbonyl (C=O) groups excluding carboxylic acids is 1. The second-order valence-electron chi connectivity index (χ2n) is 6.66. The van der Waals surface area contributed by atoms with Crippen LogP contribution < -0.4 is 14.9 Å². The zero-order chi connectivity index (χ0) is 20.4. The number of fused-ring (bicyclic) bond motifs is 1. The molecule has 1 N–H and O–H groups in total. The Morgan fingerprint density at radius 2 is 2.10 bits per heavy atom. The first-order chi connectivity index (χ1) is 14.0. The van der Waals surface area contributed by atoms with Crippen LogP contribution in [0, 0.1) is 0 Å². The lowest BCUT2D eigenvalue weighted by molar-refractivity contribution is -0.118. The van der Waals surface area contributed by atoms with E-state index < -0.39 is 0 Å². The third-order valence-electron chi connectivity index (χ3n) is 4.57. The number of nitrogens with zero attached hydrogens (tertiary/aromatic N) is 2. The third-order valence-corrected chi connectivity index (χ3v) is 5.97. The number of aromatic nitrogens is 1. The molecule has 0 fully saturated rings. The average molecular weight is 448 g/mol. The maximum Gasteiger partial charge on any atom is 0.262 e. The van der Waals surface area contributed by atoms with Crippen molar-refractivity contribution in [3.05, 3.63) is 56.6 Å². The lowest BCUT2D eigenvalue weighted by Gasteiger charge is -2.19. The summed E-state index contributed by atoms with van der Waals surface area (Å²) in [5, 5.41) is 6.04. The summed E-state index contributed by atoms with van der Waals surface area (Å²) in [6.45, 7) is 3.04. The largest absolute Gasteiger partial charge is 0.482 e. The van der Waals surface area contributed by atoms with Crippen LogP contribution in [0.25, 0.3) is 11.3 Å². The fourth-order valence-electron chi connectivity index (χ4n) is 3.10. The molecule has 4 rings (SSSR count). The lowest BCUT2D eigenvalue weighted by atomic mass is 10.1. The topological polar surface area (TPSA) is 55.6 Å². The molecule has 8 heteroatoms. The minimum absolute atomic E-state index is 0.0478. The van der Waals surface area contributed by atoms with Crippen LogP contribution >= 0.6 is 34.5 Å². The molecule has 0 saturated carbocycles. The second-order valence-corrected chi connectivity index (χ2v) is 8.34. The smallest absolute Gasteiger partial charge is 0.262 e. The molecular formula is C21H19Cl2N3O2S.